The molecule has 1 fully saturated rings. The number of aliphatic hydroxyl groups is 1. The molecule has 0 aliphatic carbocycles. The first-order chi connectivity index (χ1) is 14.2. The van der Waals surface area contributed by atoms with Crippen LogP contribution in [0.5, 0.6) is 5.75 Å². The van der Waals surface area contributed by atoms with Crippen molar-refractivity contribution in [1.82, 2.24) is 10.6 Å². The summed E-state index contributed by atoms with van der Waals surface area (Å²) in [5.41, 5.74) is 2.06. The van der Waals surface area contributed by atoms with Crippen LogP contribution in [-0.4, -0.2) is 50.4 Å². The van der Waals surface area contributed by atoms with Crippen LogP contribution >= 0.6 is 0 Å². The van der Waals surface area contributed by atoms with Crippen molar-refractivity contribution in [1.29, 1.82) is 0 Å². The van der Waals surface area contributed by atoms with E-state index < -0.39 is 6.10 Å². The van der Waals surface area contributed by atoms with Crippen molar-refractivity contribution >= 4 is 11.6 Å². The molecule has 2 aromatic carbocycles. The third kappa shape index (κ3) is 6.12. The molecule has 1 saturated heterocycles. The van der Waals surface area contributed by atoms with Crippen LogP contribution < -0.4 is 20.3 Å². The maximum atomic E-state index is 10.5. The summed E-state index contributed by atoms with van der Waals surface area (Å²) in [6.45, 7) is 5.12. The Bertz CT molecular complexity index is 781. The summed E-state index contributed by atoms with van der Waals surface area (Å²) in [6.07, 6.45) is 1.57. The lowest BCUT2D eigenvalue weighted by atomic mass is 10.0. The second-order valence-corrected chi connectivity index (χ2v) is 7.28. The van der Waals surface area contributed by atoms with Gasteiger partial charge in [0.1, 0.15) is 5.75 Å². The molecule has 0 saturated carbocycles. The van der Waals surface area contributed by atoms with Gasteiger partial charge in [-0.3, -0.25) is 4.99 Å². The van der Waals surface area contributed by atoms with Crippen LogP contribution in [0, 0.1) is 0 Å². The van der Waals surface area contributed by atoms with Gasteiger partial charge in [-0.05, 0) is 49.6 Å². The van der Waals surface area contributed by atoms with Crippen molar-refractivity contribution in [2.45, 2.75) is 31.9 Å². The summed E-state index contributed by atoms with van der Waals surface area (Å²) < 4.78 is 5.24. The molecule has 3 N–H and O–H groups in total. The minimum Gasteiger partial charge on any atom is -0.497 e. The highest BCUT2D eigenvalue weighted by molar-refractivity contribution is 5.80. The quantitative estimate of drug-likeness (QED) is 0.496. The second kappa shape index (κ2) is 10.7. The van der Waals surface area contributed by atoms with Crippen LogP contribution in [0.25, 0.3) is 0 Å². The van der Waals surface area contributed by atoms with Gasteiger partial charge in [-0.2, -0.15) is 0 Å². The summed E-state index contributed by atoms with van der Waals surface area (Å²) in [4.78, 5) is 7.03. The van der Waals surface area contributed by atoms with Crippen molar-refractivity contribution in [2.24, 2.45) is 4.99 Å². The van der Waals surface area contributed by atoms with Gasteiger partial charge in [-0.15, -0.1) is 0 Å². The molecule has 1 aliphatic heterocycles. The number of benzene rings is 2. The summed E-state index contributed by atoms with van der Waals surface area (Å²) in [5.74, 6) is 1.48. The Labute approximate surface area is 173 Å². The van der Waals surface area contributed by atoms with E-state index in [0.717, 1.165) is 49.7 Å². The number of hydrogen-bond donors (Lipinski definition) is 3. The van der Waals surface area contributed by atoms with E-state index in [4.69, 9.17) is 4.74 Å². The monoisotopic (exact) mass is 396 g/mol. The van der Waals surface area contributed by atoms with Crippen LogP contribution in [0.15, 0.2) is 59.6 Å². The number of aliphatic imine (C=N–C) groups is 1. The molecule has 6 nitrogen and oxygen atoms in total. The van der Waals surface area contributed by atoms with Gasteiger partial charge >= 0.3 is 0 Å². The summed E-state index contributed by atoms with van der Waals surface area (Å²) in [6, 6.07) is 18.3. The molecule has 2 aromatic rings. The standard InChI is InChI=1S/C23H32N4O2/c1-3-24-23(25-16-22(28)18-9-7-13-21(15-18)29-2)26-19-10-8-14-27(17-19)20-11-5-4-6-12-20/h4-7,9,11-13,15,19,22,28H,3,8,10,14,16-17H2,1-2H3,(H2,24,25,26). The third-order valence-electron chi connectivity index (χ3n) is 5.13. The van der Waals surface area contributed by atoms with Crippen LogP contribution in [0.4, 0.5) is 5.69 Å². The molecular formula is C23H32N4O2. The van der Waals surface area contributed by atoms with E-state index in [1.807, 2.05) is 37.3 Å². The van der Waals surface area contributed by atoms with Gasteiger partial charge in [0.25, 0.3) is 0 Å². The van der Waals surface area contributed by atoms with E-state index in [1.165, 1.54) is 5.69 Å². The predicted molar refractivity (Wildman–Crippen MR) is 119 cm³/mol. The minimum atomic E-state index is -0.673. The summed E-state index contributed by atoms with van der Waals surface area (Å²) >= 11 is 0. The fraction of sp³-hybridized carbons (Fsp3) is 0.435. The molecule has 1 heterocycles. The fourth-order valence-corrected chi connectivity index (χ4v) is 3.61. The topological polar surface area (TPSA) is 69.1 Å². The molecule has 6 heteroatoms. The number of nitrogens with zero attached hydrogens (tertiary/aromatic N) is 2. The Balaban J connectivity index is 1.61. The first kappa shape index (κ1) is 21.0. The fourth-order valence-electron chi connectivity index (χ4n) is 3.61. The molecule has 0 bridgehead atoms. The van der Waals surface area contributed by atoms with E-state index in [-0.39, 0.29) is 6.54 Å². The maximum Gasteiger partial charge on any atom is 0.191 e. The lowest BCUT2D eigenvalue weighted by molar-refractivity contribution is 0.186. The van der Waals surface area contributed by atoms with E-state index in [0.29, 0.717) is 6.04 Å². The molecule has 0 amide bonds. The average molecular weight is 397 g/mol. The molecule has 29 heavy (non-hydrogen) atoms. The van der Waals surface area contributed by atoms with E-state index in [1.54, 1.807) is 7.11 Å². The first-order valence-electron chi connectivity index (χ1n) is 10.4. The molecule has 3 rings (SSSR count). The third-order valence-corrected chi connectivity index (χ3v) is 5.13. The summed E-state index contributed by atoms with van der Waals surface area (Å²) in [5, 5.41) is 17.4. The Hall–Kier alpha value is -2.73. The Kier molecular flexibility index (Phi) is 7.76. The molecule has 0 spiro atoms. The maximum absolute atomic E-state index is 10.5. The predicted octanol–water partition coefficient (Wildman–Crippen LogP) is 2.95. The zero-order chi connectivity index (χ0) is 20.5. The van der Waals surface area contributed by atoms with Crippen LogP contribution in [0.2, 0.25) is 0 Å². The number of guanidine groups is 1. The molecule has 0 aromatic heterocycles. The number of rotatable bonds is 7. The zero-order valence-electron chi connectivity index (χ0n) is 17.3. The van der Waals surface area contributed by atoms with Crippen molar-refractivity contribution < 1.29 is 9.84 Å². The highest BCUT2D eigenvalue weighted by Crippen LogP contribution is 2.20. The normalized spacial score (nSPS) is 18.2. The van der Waals surface area contributed by atoms with Crippen molar-refractivity contribution in [2.75, 3.05) is 38.2 Å². The number of ether oxygens (including phenoxy) is 1. The van der Waals surface area contributed by atoms with Gasteiger partial charge < -0.3 is 25.4 Å². The van der Waals surface area contributed by atoms with Gasteiger partial charge in [-0.1, -0.05) is 30.3 Å². The molecule has 2 atom stereocenters. The Morgan fingerprint density at radius 3 is 2.83 bits per heavy atom. The van der Waals surface area contributed by atoms with Crippen molar-refractivity contribution in [3.05, 3.63) is 60.2 Å². The van der Waals surface area contributed by atoms with Crippen LogP contribution in [0.1, 0.15) is 31.4 Å². The van der Waals surface area contributed by atoms with Gasteiger partial charge in [0, 0.05) is 31.4 Å². The molecular weight excluding hydrogens is 364 g/mol. The number of piperidine rings is 1. The smallest absolute Gasteiger partial charge is 0.191 e. The lowest BCUT2D eigenvalue weighted by Gasteiger charge is -2.35. The van der Waals surface area contributed by atoms with Gasteiger partial charge in [0.15, 0.2) is 5.96 Å². The van der Waals surface area contributed by atoms with Crippen LogP contribution in [-0.2, 0) is 0 Å². The number of hydrogen-bond acceptors (Lipinski definition) is 4. The average Bonchev–Trinajstić information content (AvgIpc) is 2.78. The van der Waals surface area contributed by atoms with Crippen molar-refractivity contribution in [3.8, 4) is 5.75 Å². The minimum absolute atomic E-state index is 0.289. The van der Waals surface area contributed by atoms with Gasteiger partial charge in [-0.25, -0.2) is 0 Å². The molecule has 0 radical (unpaired) electrons. The first-order valence-corrected chi connectivity index (χ1v) is 10.4. The Morgan fingerprint density at radius 1 is 1.24 bits per heavy atom. The van der Waals surface area contributed by atoms with Gasteiger partial charge in [0.2, 0.25) is 0 Å². The number of para-hydroxylation sites is 1. The summed E-state index contributed by atoms with van der Waals surface area (Å²) in [7, 11) is 1.62. The zero-order valence-corrected chi connectivity index (χ0v) is 17.3. The van der Waals surface area contributed by atoms with E-state index in [9.17, 15) is 5.11 Å². The molecule has 156 valence electrons. The number of anilines is 1. The Morgan fingerprint density at radius 2 is 2.07 bits per heavy atom. The SMILES string of the molecule is CCNC(=NCC(O)c1cccc(OC)c1)NC1CCCN(c2ccccc2)C1. The van der Waals surface area contributed by atoms with Gasteiger partial charge in [0.05, 0.1) is 19.8 Å². The molecule has 2 unspecified atom stereocenters. The second-order valence-electron chi connectivity index (χ2n) is 7.28. The lowest BCUT2D eigenvalue weighted by Crippen LogP contribution is -2.51. The van der Waals surface area contributed by atoms with E-state index >= 15 is 0 Å². The van der Waals surface area contributed by atoms with E-state index in [2.05, 4.69) is 44.8 Å². The number of methoxy groups -OCH3 is 1. The van der Waals surface area contributed by atoms with Crippen molar-refractivity contribution in [3.63, 3.8) is 0 Å². The number of aliphatic hydroxyl groups excluding tert-OH is 1. The van der Waals surface area contributed by atoms with Crippen LogP contribution in [0.3, 0.4) is 0 Å². The molecule has 1 aliphatic rings. The highest BCUT2D eigenvalue weighted by atomic mass is 16.5. The largest absolute Gasteiger partial charge is 0.497 e. The number of nitrogens with one attached hydrogen (secondary N) is 2. The highest BCUT2D eigenvalue weighted by Gasteiger charge is 2.21.